The van der Waals surface area contributed by atoms with Crippen LogP contribution in [0.25, 0.3) is 0 Å². The first-order valence-corrected chi connectivity index (χ1v) is 2.48. The minimum absolute atomic E-state index is 0.861. The maximum absolute atomic E-state index is 3.68. The molecule has 0 saturated carbocycles. The van der Waals surface area contributed by atoms with Gasteiger partial charge in [-0.1, -0.05) is 6.92 Å². The highest BCUT2D eigenvalue weighted by Gasteiger charge is 1.85. The molecule has 0 bridgehead atoms. The fourth-order valence-electron chi connectivity index (χ4n) is 0.411. The molecule has 1 aromatic heterocycles. The van der Waals surface area contributed by atoms with Gasteiger partial charge in [-0.15, -0.1) is 10.2 Å². The van der Waals surface area contributed by atoms with Crippen molar-refractivity contribution in [3.8, 4) is 0 Å². The van der Waals surface area contributed by atoms with Gasteiger partial charge in [0.05, 0.1) is 11.9 Å². The molecule has 0 aliphatic carbocycles. The zero-order valence-corrected chi connectivity index (χ0v) is 4.63. The summed E-state index contributed by atoms with van der Waals surface area (Å²) in [6.07, 6.45) is 2.39. The van der Waals surface area contributed by atoms with E-state index in [2.05, 4.69) is 21.5 Å². The highest BCUT2D eigenvalue weighted by molar-refractivity contribution is 4.90. The first kappa shape index (κ1) is 5.15. The second-order valence-corrected chi connectivity index (χ2v) is 1.38. The van der Waals surface area contributed by atoms with E-state index in [1.54, 1.807) is 0 Å². The van der Waals surface area contributed by atoms with Crippen molar-refractivity contribution < 1.29 is 0 Å². The van der Waals surface area contributed by atoms with E-state index < -0.39 is 0 Å². The summed E-state index contributed by atoms with van der Waals surface area (Å²) in [4.78, 5) is 0. The molecule has 8 heavy (non-hydrogen) atoms. The third-order valence-electron chi connectivity index (χ3n) is 0.841. The van der Waals surface area contributed by atoms with E-state index in [4.69, 9.17) is 0 Å². The molecule has 3 nitrogen and oxygen atoms in total. The van der Waals surface area contributed by atoms with Crippen LogP contribution in [0.3, 0.4) is 0 Å². The minimum Gasteiger partial charge on any atom is -0.138 e. The Morgan fingerprint density at radius 1 is 1.75 bits per heavy atom. The maximum atomic E-state index is 3.68. The van der Waals surface area contributed by atoms with E-state index >= 15 is 0 Å². The normalized spacial score (nSPS) is 9.12. The Balaban J connectivity index is 2.83. The fraction of sp³-hybridized carbons (Fsp3) is 0.400. The third-order valence-corrected chi connectivity index (χ3v) is 0.841. The van der Waals surface area contributed by atoms with Gasteiger partial charge in [-0.3, -0.25) is 0 Å². The fourth-order valence-corrected chi connectivity index (χ4v) is 0.411. The van der Waals surface area contributed by atoms with Gasteiger partial charge in [0.1, 0.15) is 0 Å². The summed E-state index contributed by atoms with van der Waals surface area (Å²) < 4.78 is 0. The molecule has 0 aromatic carbocycles. The molecular weight excluding hydrogens is 102 g/mol. The number of nitrogens with zero attached hydrogens (tertiary/aromatic N) is 3. The molecule has 1 aromatic rings. The van der Waals surface area contributed by atoms with Crippen LogP contribution in [0.15, 0.2) is 6.20 Å². The molecule has 1 radical (unpaired) electrons. The minimum atomic E-state index is 0.861. The second kappa shape index (κ2) is 2.35. The third kappa shape index (κ3) is 0.992. The Morgan fingerprint density at radius 2 is 2.62 bits per heavy atom. The summed E-state index contributed by atoms with van der Waals surface area (Å²) in [6, 6.07) is 2.83. The van der Waals surface area contributed by atoms with Crippen LogP contribution >= 0.6 is 0 Å². The zero-order chi connectivity index (χ0) is 5.82. The molecule has 0 unspecified atom stereocenters. The van der Waals surface area contributed by atoms with Crippen molar-refractivity contribution in [1.29, 1.82) is 0 Å². The lowest BCUT2D eigenvalue weighted by atomic mass is 10.3. The molecule has 0 saturated heterocycles. The Morgan fingerprint density at radius 3 is 3.00 bits per heavy atom. The molecule has 3 heteroatoms. The van der Waals surface area contributed by atoms with Crippen molar-refractivity contribution in [2.75, 3.05) is 0 Å². The van der Waals surface area contributed by atoms with Gasteiger partial charge in [-0.2, -0.15) is 0 Å². The van der Waals surface area contributed by atoms with Gasteiger partial charge in [-0.25, -0.2) is 0 Å². The van der Waals surface area contributed by atoms with E-state index in [0.29, 0.717) is 0 Å². The van der Waals surface area contributed by atoms with Crippen LogP contribution in [0.2, 0.25) is 0 Å². The Hall–Kier alpha value is -0.990. The molecule has 0 spiro atoms. The average molecular weight is 108 g/mol. The van der Waals surface area contributed by atoms with Crippen molar-refractivity contribution in [3.63, 3.8) is 0 Å². The van der Waals surface area contributed by atoms with Gasteiger partial charge in [-0.05, 0) is 11.6 Å². The van der Waals surface area contributed by atoms with E-state index in [9.17, 15) is 0 Å². The van der Waals surface area contributed by atoms with Gasteiger partial charge < -0.3 is 0 Å². The lowest BCUT2D eigenvalue weighted by Crippen LogP contribution is -1.90. The molecule has 0 N–H and O–H groups in total. The molecule has 0 aliphatic rings. The second-order valence-electron chi connectivity index (χ2n) is 1.38. The van der Waals surface area contributed by atoms with E-state index in [1.165, 1.54) is 6.20 Å². The van der Waals surface area contributed by atoms with Crippen LogP contribution in [0.1, 0.15) is 12.6 Å². The molecule has 1 rings (SSSR count). The zero-order valence-electron chi connectivity index (χ0n) is 4.63. The molecule has 0 atom stereocenters. The quantitative estimate of drug-likeness (QED) is 0.517. The van der Waals surface area contributed by atoms with Gasteiger partial charge in [0.25, 0.3) is 0 Å². The summed E-state index contributed by atoms with van der Waals surface area (Å²) in [5.41, 5.74) is 0.861. The maximum Gasteiger partial charge on any atom is 0.0741 e. The Bertz CT molecular complexity index is 149. The van der Waals surface area contributed by atoms with Crippen molar-refractivity contribution in [3.05, 3.63) is 18.0 Å². The van der Waals surface area contributed by atoms with Gasteiger partial charge in [0, 0.05) is 6.07 Å². The van der Waals surface area contributed by atoms with Crippen molar-refractivity contribution in [2.24, 2.45) is 0 Å². The van der Waals surface area contributed by atoms with Crippen LogP contribution in [0, 0.1) is 6.07 Å². The summed E-state index contributed by atoms with van der Waals surface area (Å²) in [7, 11) is 0. The predicted octanol–water partition coefficient (Wildman–Crippen LogP) is 0.234. The summed E-state index contributed by atoms with van der Waals surface area (Å²) >= 11 is 0. The molecule has 0 amide bonds. The molecule has 1 heterocycles. The van der Waals surface area contributed by atoms with E-state index in [-0.39, 0.29) is 0 Å². The summed E-state index contributed by atoms with van der Waals surface area (Å²) in [5.74, 6) is 0. The van der Waals surface area contributed by atoms with Crippen LogP contribution in [-0.2, 0) is 6.42 Å². The number of aryl methyl sites for hydroxylation is 1. The molecule has 0 fully saturated rings. The van der Waals surface area contributed by atoms with Crippen LogP contribution in [-0.4, -0.2) is 15.4 Å². The SMILES string of the molecule is CCc1[c]cnnn1. The van der Waals surface area contributed by atoms with Gasteiger partial charge in [0.2, 0.25) is 0 Å². The highest BCUT2D eigenvalue weighted by Crippen LogP contribution is 1.85. The van der Waals surface area contributed by atoms with Gasteiger partial charge in [0.15, 0.2) is 0 Å². The molecule has 41 valence electrons. The van der Waals surface area contributed by atoms with Crippen molar-refractivity contribution in [2.45, 2.75) is 13.3 Å². The highest BCUT2D eigenvalue weighted by atomic mass is 15.3. The standard InChI is InChI=1S/C5H6N3/c1-2-5-3-4-6-8-7-5/h4H,2H2,1H3. The Labute approximate surface area is 47.8 Å². The lowest BCUT2D eigenvalue weighted by Gasteiger charge is -1.85. The number of hydrogen-bond donors (Lipinski definition) is 0. The van der Waals surface area contributed by atoms with Gasteiger partial charge >= 0.3 is 0 Å². The largest absolute Gasteiger partial charge is 0.138 e. The Kier molecular flexibility index (Phi) is 1.51. The summed E-state index contributed by atoms with van der Waals surface area (Å²) in [5, 5.41) is 10.6. The van der Waals surface area contributed by atoms with Crippen LogP contribution in [0.4, 0.5) is 0 Å². The smallest absolute Gasteiger partial charge is 0.0741 e. The monoisotopic (exact) mass is 108 g/mol. The summed E-state index contributed by atoms with van der Waals surface area (Å²) in [6.45, 7) is 2.00. The first-order valence-electron chi connectivity index (χ1n) is 2.48. The number of aromatic nitrogens is 3. The van der Waals surface area contributed by atoms with E-state index in [0.717, 1.165) is 12.1 Å². The first-order chi connectivity index (χ1) is 3.93. The lowest BCUT2D eigenvalue weighted by molar-refractivity contribution is 0.810. The average Bonchev–Trinajstić information content (AvgIpc) is 1.90. The van der Waals surface area contributed by atoms with Crippen LogP contribution < -0.4 is 0 Å². The molecular formula is C5H6N3. The van der Waals surface area contributed by atoms with E-state index in [1.807, 2.05) is 6.92 Å². The topological polar surface area (TPSA) is 38.7 Å². The number of hydrogen-bond acceptors (Lipinski definition) is 3. The number of rotatable bonds is 1. The van der Waals surface area contributed by atoms with Crippen molar-refractivity contribution >= 4 is 0 Å². The molecule has 0 aliphatic heterocycles. The predicted molar refractivity (Wildman–Crippen MR) is 28.0 cm³/mol. The van der Waals surface area contributed by atoms with Crippen LogP contribution in [0.5, 0.6) is 0 Å². The van der Waals surface area contributed by atoms with Crippen molar-refractivity contribution in [1.82, 2.24) is 15.4 Å².